The standard InChI is InChI=1S/C24H23ClN2O3S/c1-17-5-2-7-19(13-17)23(28)27-22(15-21-9-4-11-30-21)24(29)26-10-12-31-16-18-6-3-8-20(25)14-18/h2-9,11,13-15H,10,12,16H2,1H3,(H,26,29)(H,27,28)/b22-15-. The Hall–Kier alpha value is -2.96. The molecule has 5 nitrogen and oxygen atoms in total. The van der Waals surface area contributed by atoms with Crippen LogP contribution in [0.3, 0.4) is 0 Å². The van der Waals surface area contributed by atoms with Crippen LogP contribution in [-0.2, 0) is 10.5 Å². The third-order valence-electron chi connectivity index (χ3n) is 4.29. The minimum atomic E-state index is -0.374. The average molecular weight is 455 g/mol. The van der Waals surface area contributed by atoms with E-state index in [0.29, 0.717) is 22.9 Å². The Labute approximate surface area is 190 Å². The lowest BCUT2D eigenvalue weighted by Crippen LogP contribution is -2.35. The average Bonchev–Trinajstić information content (AvgIpc) is 3.26. The highest BCUT2D eigenvalue weighted by molar-refractivity contribution is 7.98. The molecule has 3 aromatic rings. The number of hydrogen-bond donors (Lipinski definition) is 2. The number of carbonyl (C=O) groups is 2. The molecule has 2 N–H and O–H groups in total. The van der Waals surface area contributed by atoms with Gasteiger partial charge in [-0.25, -0.2) is 0 Å². The van der Waals surface area contributed by atoms with Crippen LogP contribution in [-0.4, -0.2) is 24.1 Å². The number of halogens is 1. The zero-order valence-corrected chi connectivity index (χ0v) is 18.6. The number of carbonyl (C=O) groups excluding carboxylic acids is 2. The smallest absolute Gasteiger partial charge is 0.267 e. The molecule has 0 aliphatic carbocycles. The van der Waals surface area contributed by atoms with Crippen LogP contribution in [0.15, 0.2) is 77.0 Å². The van der Waals surface area contributed by atoms with E-state index in [0.717, 1.165) is 22.6 Å². The summed E-state index contributed by atoms with van der Waals surface area (Å²) < 4.78 is 5.30. The summed E-state index contributed by atoms with van der Waals surface area (Å²) in [5, 5.41) is 6.26. The van der Waals surface area contributed by atoms with Gasteiger partial charge in [0, 0.05) is 34.7 Å². The largest absolute Gasteiger partial charge is 0.465 e. The molecule has 2 amide bonds. The molecule has 160 valence electrons. The second-order valence-electron chi connectivity index (χ2n) is 6.84. The minimum Gasteiger partial charge on any atom is -0.465 e. The summed E-state index contributed by atoms with van der Waals surface area (Å²) in [6, 6.07) is 18.3. The molecule has 0 saturated heterocycles. The predicted molar refractivity (Wildman–Crippen MR) is 126 cm³/mol. The molecular weight excluding hydrogens is 432 g/mol. The van der Waals surface area contributed by atoms with Crippen LogP contribution in [0, 0.1) is 6.92 Å². The van der Waals surface area contributed by atoms with Crippen molar-refractivity contribution in [3.8, 4) is 0 Å². The van der Waals surface area contributed by atoms with Gasteiger partial charge in [0.05, 0.1) is 6.26 Å². The summed E-state index contributed by atoms with van der Waals surface area (Å²) in [5.74, 6) is 1.27. The fourth-order valence-corrected chi connectivity index (χ4v) is 3.82. The molecule has 2 aromatic carbocycles. The van der Waals surface area contributed by atoms with Crippen LogP contribution >= 0.6 is 23.4 Å². The first kappa shape index (κ1) is 22.7. The molecule has 31 heavy (non-hydrogen) atoms. The number of amides is 2. The molecule has 1 aromatic heterocycles. The van der Waals surface area contributed by atoms with Crippen LogP contribution in [0.1, 0.15) is 27.2 Å². The van der Waals surface area contributed by atoms with Crippen molar-refractivity contribution < 1.29 is 14.0 Å². The molecule has 3 rings (SSSR count). The highest BCUT2D eigenvalue weighted by Crippen LogP contribution is 2.16. The van der Waals surface area contributed by atoms with Gasteiger partial charge in [0.25, 0.3) is 11.8 Å². The van der Waals surface area contributed by atoms with Crippen molar-refractivity contribution in [2.45, 2.75) is 12.7 Å². The summed E-state index contributed by atoms with van der Waals surface area (Å²) in [6.45, 7) is 2.37. The van der Waals surface area contributed by atoms with Gasteiger partial charge < -0.3 is 15.1 Å². The van der Waals surface area contributed by atoms with E-state index >= 15 is 0 Å². The van der Waals surface area contributed by atoms with Gasteiger partial charge >= 0.3 is 0 Å². The molecule has 0 aliphatic rings. The summed E-state index contributed by atoms with van der Waals surface area (Å²) >= 11 is 7.69. The normalized spacial score (nSPS) is 11.2. The van der Waals surface area contributed by atoms with Crippen molar-refractivity contribution >= 4 is 41.3 Å². The van der Waals surface area contributed by atoms with Crippen molar-refractivity contribution in [1.29, 1.82) is 0 Å². The maximum atomic E-state index is 12.7. The molecule has 0 atom stereocenters. The van der Waals surface area contributed by atoms with Crippen LogP contribution < -0.4 is 10.6 Å². The Kier molecular flexibility index (Phi) is 8.38. The Morgan fingerprint density at radius 2 is 1.94 bits per heavy atom. The van der Waals surface area contributed by atoms with Crippen molar-refractivity contribution in [1.82, 2.24) is 10.6 Å². The van der Waals surface area contributed by atoms with Gasteiger partial charge in [-0.05, 0) is 48.9 Å². The van der Waals surface area contributed by atoms with E-state index in [1.165, 1.54) is 12.3 Å². The van der Waals surface area contributed by atoms with E-state index in [4.69, 9.17) is 16.0 Å². The molecule has 0 radical (unpaired) electrons. The third kappa shape index (κ3) is 7.35. The van der Waals surface area contributed by atoms with Crippen molar-refractivity contribution in [3.63, 3.8) is 0 Å². The van der Waals surface area contributed by atoms with Gasteiger partial charge in [0.2, 0.25) is 0 Å². The van der Waals surface area contributed by atoms with E-state index in [2.05, 4.69) is 10.6 Å². The molecular formula is C24H23ClN2O3S. The lowest BCUT2D eigenvalue weighted by molar-refractivity contribution is -0.117. The first-order chi connectivity index (χ1) is 15.0. The number of benzene rings is 2. The highest BCUT2D eigenvalue weighted by atomic mass is 35.5. The van der Waals surface area contributed by atoms with Crippen LogP contribution in [0.2, 0.25) is 5.02 Å². The third-order valence-corrected chi connectivity index (χ3v) is 5.56. The van der Waals surface area contributed by atoms with E-state index in [9.17, 15) is 9.59 Å². The summed E-state index contributed by atoms with van der Waals surface area (Å²) in [4.78, 5) is 25.3. The van der Waals surface area contributed by atoms with Gasteiger partial charge in [0.1, 0.15) is 11.5 Å². The number of rotatable bonds is 9. The lowest BCUT2D eigenvalue weighted by atomic mass is 10.1. The Morgan fingerprint density at radius 1 is 1.10 bits per heavy atom. The molecule has 1 heterocycles. The molecule has 0 saturated carbocycles. The van der Waals surface area contributed by atoms with E-state index < -0.39 is 0 Å². The molecule has 0 unspecified atom stereocenters. The second kappa shape index (κ2) is 11.4. The van der Waals surface area contributed by atoms with Gasteiger partial charge in [0.15, 0.2) is 0 Å². The first-order valence-corrected chi connectivity index (χ1v) is 11.3. The molecule has 7 heteroatoms. The number of furan rings is 1. The fourth-order valence-electron chi connectivity index (χ4n) is 2.80. The van der Waals surface area contributed by atoms with Crippen molar-refractivity contribution in [2.24, 2.45) is 0 Å². The van der Waals surface area contributed by atoms with Crippen LogP contribution in [0.4, 0.5) is 0 Å². The summed E-state index contributed by atoms with van der Waals surface area (Å²) in [7, 11) is 0. The minimum absolute atomic E-state index is 0.126. The van der Waals surface area contributed by atoms with Gasteiger partial charge in [-0.2, -0.15) is 11.8 Å². The summed E-state index contributed by atoms with van der Waals surface area (Å²) in [6.07, 6.45) is 3.03. The Morgan fingerprint density at radius 3 is 2.68 bits per heavy atom. The van der Waals surface area contributed by atoms with E-state index in [-0.39, 0.29) is 17.5 Å². The Bertz CT molecular complexity index is 1060. The van der Waals surface area contributed by atoms with Gasteiger partial charge in [-0.15, -0.1) is 0 Å². The zero-order chi connectivity index (χ0) is 22.1. The SMILES string of the molecule is Cc1cccc(C(=O)N/C(=C\c2ccco2)C(=O)NCCSCc2cccc(Cl)c2)c1. The van der Waals surface area contributed by atoms with Gasteiger partial charge in [-0.3, -0.25) is 9.59 Å². The predicted octanol–water partition coefficient (Wildman–Crippen LogP) is 5.06. The first-order valence-electron chi connectivity index (χ1n) is 9.75. The van der Waals surface area contributed by atoms with Gasteiger partial charge in [-0.1, -0.05) is 41.4 Å². The van der Waals surface area contributed by atoms with Crippen LogP contribution in [0.5, 0.6) is 0 Å². The second-order valence-corrected chi connectivity index (χ2v) is 8.38. The maximum absolute atomic E-state index is 12.7. The quantitative estimate of drug-likeness (QED) is 0.350. The van der Waals surface area contributed by atoms with Crippen LogP contribution in [0.25, 0.3) is 6.08 Å². The van der Waals surface area contributed by atoms with E-state index in [1.807, 2.05) is 37.3 Å². The topological polar surface area (TPSA) is 71.3 Å². The van der Waals surface area contributed by atoms with Crippen molar-refractivity contribution in [2.75, 3.05) is 12.3 Å². The molecule has 0 bridgehead atoms. The maximum Gasteiger partial charge on any atom is 0.267 e. The Balaban J connectivity index is 1.57. The fraction of sp³-hybridized carbons (Fsp3) is 0.167. The van der Waals surface area contributed by atoms with Crippen molar-refractivity contribution in [3.05, 3.63) is 100 Å². The number of aryl methyl sites for hydroxylation is 1. The zero-order valence-electron chi connectivity index (χ0n) is 17.1. The highest BCUT2D eigenvalue weighted by Gasteiger charge is 2.15. The number of hydrogen-bond acceptors (Lipinski definition) is 4. The molecule has 0 spiro atoms. The molecule has 0 fully saturated rings. The number of nitrogens with one attached hydrogen (secondary N) is 2. The molecule has 0 aliphatic heterocycles. The van der Waals surface area contributed by atoms with E-state index in [1.54, 1.807) is 42.1 Å². The lowest BCUT2D eigenvalue weighted by Gasteiger charge is -2.11. The number of thioether (sulfide) groups is 1. The summed E-state index contributed by atoms with van der Waals surface area (Å²) in [5.41, 5.74) is 2.70. The monoisotopic (exact) mass is 454 g/mol.